The van der Waals surface area contributed by atoms with E-state index in [1.165, 1.54) is 28.8 Å². The van der Waals surface area contributed by atoms with Gasteiger partial charge in [-0.1, -0.05) is 17.3 Å². The van der Waals surface area contributed by atoms with Crippen molar-refractivity contribution in [3.8, 4) is 0 Å². The lowest BCUT2D eigenvalue weighted by Gasteiger charge is -2.34. The number of hydrogen-bond donors (Lipinski definition) is 0. The molecule has 9 nitrogen and oxygen atoms in total. The second-order valence-electron chi connectivity index (χ2n) is 5.90. The van der Waals surface area contributed by atoms with Gasteiger partial charge in [-0.15, -0.1) is 5.10 Å². The molecule has 0 saturated carbocycles. The molecule has 0 bridgehead atoms. The second-order valence-corrected chi connectivity index (χ2v) is 7.81. The van der Waals surface area contributed by atoms with E-state index in [0.29, 0.717) is 30.1 Å². The van der Waals surface area contributed by atoms with Crippen LogP contribution >= 0.6 is 0 Å². The second kappa shape index (κ2) is 6.25. The smallest absolute Gasteiger partial charge is 0.246 e. The predicted molar refractivity (Wildman–Crippen MR) is 91.5 cm³/mol. The third-order valence-electron chi connectivity index (χ3n) is 4.36. The summed E-state index contributed by atoms with van der Waals surface area (Å²) in [6.07, 6.45) is 1.43. The molecule has 0 spiro atoms. The summed E-state index contributed by atoms with van der Waals surface area (Å²) >= 11 is 0. The van der Waals surface area contributed by atoms with E-state index >= 15 is 0 Å². The molecule has 2 aromatic heterocycles. The van der Waals surface area contributed by atoms with Crippen molar-refractivity contribution in [3.63, 3.8) is 0 Å². The molecular formula is C15H16FN7O2S. The molecule has 3 aromatic rings. The highest BCUT2D eigenvalue weighted by Gasteiger charge is 2.31. The van der Waals surface area contributed by atoms with E-state index in [0.717, 1.165) is 6.07 Å². The Morgan fingerprint density at radius 3 is 2.54 bits per heavy atom. The highest BCUT2D eigenvalue weighted by molar-refractivity contribution is 7.89. The molecule has 26 heavy (non-hydrogen) atoms. The molecule has 136 valence electrons. The topological polar surface area (TPSA) is 97.1 Å². The number of fused-ring (bicyclic) bond motifs is 1. The normalized spacial score (nSPS) is 16.3. The zero-order valence-electron chi connectivity index (χ0n) is 13.9. The van der Waals surface area contributed by atoms with Gasteiger partial charge in [0.2, 0.25) is 10.0 Å². The van der Waals surface area contributed by atoms with E-state index < -0.39 is 15.8 Å². The number of rotatable bonds is 3. The van der Waals surface area contributed by atoms with Crippen molar-refractivity contribution in [2.75, 3.05) is 31.1 Å². The van der Waals surface area contributed by atoms with Crippen molar-refractivity contribution in [3.05, 3.63) is 36.4 Å². The first-order chi connectivity index (χ1) is 12.5. The predicted octanol–water partition coefficient (Wildman–Crippen LogP) is 0.408. The van der Waals surface area contributed by atoms with Gasteiger partial charge in [0.1, 0.15) is 17.0 Å². The molecule has 1 aromatic carbocycles. The van der Waals surface area contributed by atoms with Crippen molar-refractivity contribution in [1.82, 2.24) is 29.3 Å². The van der Waals surface area contributed by atoms with Crippen LogP contribution in [0.3, 0.4) is 0 Å². The molecule has 1 fully saturated rings. The van der Waals surface area contributed by atoms with E-state index in [9.17, 15) is 12.8 Å². The van der Waals surface area contributed by atoms with Crippen LogP contribution in [0, 0.1) is 5.82 Å². The van der Waals surface area contributed by atoms with Gasteiger partial charge in [0.25, 0.3) is 0 Å². The maximum atomic E-state index is 13.9. The molecule has 3 heterocycles. The van der Waals surface area contributed by atoms with Crippen LogP contribution in [0.15, 0.2) is 35.5 Å². The van der Waals surface area contributed by atoms with Crippen LogP contribution in [0.5, 0.6) is 0 Å². The fourth-order valence-electron chi connectivity index (χ4n) is 3.01. The molecule has 1 aliphatic rings. The Bertz CT molecular complexity index is 1060. The minimum absolute atomic E-state index is 0.225. The summed E-state index contributed by atoms with van der Waals surface area (Å²) in [5, 5.41) is 8.03. The number of aryl methyl sites for hydroxylation is 1. The standard InChI is InChI=1S/C15H16FN7O2S/c1-21-14-13(19-20-21)15(18-10-17-14)22-6-8-23(9-7-22)26(24,25)12-5-3-2-4-11(12)16/h2-5,10H,6-9H2,1H3. The highest BCUT2D eigenvalue weighted by Crippen LogP contribution is 2.24. The highest BCUT2D eigenvalue weighted by atomic mass is 32.2. The molecule has 11 heteroatoms. The molecule has 0 unspecified atom stereocenters. The van der Waals surface area contributed by atoms with Gasteiger partial charge < -0.3 is 4.90 Å². The quantitative estimate of drug-likeness (QED) is 0.652. The maximum absolute atomic E-state index is 13.9. The van der Waals surface area contributed by atoms with E-state index in [1.807, 2.05) is 4.90 Å². The summed E-state index contributed by atoms with van der Waals surface area (Å²) < 4.78 is 42.1. The number of halogens is 1. The lowest BCUT2D eigenvalue weighted by molar-refractivity contribution is 0.381. The zero-order chi connectivity index (χ0) is 18.3. The lowest BCUT2D eigenvalue weighted by atomic mass is 10.3. The Kier molecular flexibility index (Phi) is 4.04. The van der Waals surface area contributed by atoms with Crippen LogP contribution < -0.4 is 4.90 Å². The monoisotopic (exact) mass is 377 g/mol. The van der Waals surface area contributed by atoms with Gasteiger partial charge >= 0.3 is 0 Å². The number of anilines is 1. The van der Waals surface area contributed by atoms with E-state index in [2.05, 4.69) is 20.3 Å². The van der Waals surface area contributed by atoms with Crippen LogP contribution in [0.4, 0.5) is 10.2 Å². The van der Waals surface area contributed by atoms with Gasteiger partial charge in [0.15, 0.2) is 17.0 Å². The van der Waals surface area contributed by atoms with Gasteiger partial charge in [-0.3, -0.25) is 0 Å². The van der Waals surface area contributed by atoms with Crippen molar-refractivity contribution in [1.29, 1.82) is 0 Å². The minimum atomic E-state index is -3.87. The van der Waals surface area contributed by atoms with Crippen molar-refractivity contribution in [2.45, 2.75) is 4.90 Å². The lowest BCUT2D eigenvalue weighted by Crippen LogP contribution is -2.49. The Morgan fingerprint density at radius 1 is 1.08 bits per heavy atom. The number of benzene rings is 1. The average Bonchev–Trinajstić information content (AvgIpc) is 3.03. The Morgan fingerprint density at radius 2 is 1.81 bits per heavy atom. The van der Waals surface area contributed by atoms with Crippen LogP contribution in [0.1, 0.15) is 0 Å². The average molecular weight is 377 g/mol. The van der Waals surface area contributed by atoms with Crippen molar-refractivity contribution < 1.29 is 12.8 Å². The van der Waals surface area contributed by atoms with Gasteiger partial charge in [0, 0.05) is 33.2 Å². The number of hydrogen-bond acceptors (Lipinski definition) is 7. The fourth-order valence-corrected chi connectivity index (χ4v) is 4.49. The minimum Gasteiger partial charge on any atom is -0.352 e. The first-order valence-corrected chi connectivity index (χ1v) is 9.42. The first kappa shape index (κ1) is 16.8. The molecule has 4 rings (SSSR count). The summed E-state index contributed by atoms with van der Waals surface area (Å²) in [5.74, 6) is -0.127. The van der Waals surface area contributed by atoms with Crippen molar-refractivity contribution >= 4 is 27.0 Å². The van der Waals surface area contributed by atoms with Gasteiger partial charge in [-0.2, -0.15) is 4.31 Å². The number of nitrogens with zero attached hydrogens (tertiary/aromatic N) is 7. The van der Waals surface area contributed by atoms with Crippen LogP contribution in [0.25, 0.3) is 11.2 Å². The van der Waals surface area contributed by atoms with Gasteiger partial charge in [0.05, 0.1) is 0 Å². The summed E-state index contributed by atoms with van der Waals surface area (Å²) in [4.78, 5) is 10.1. The van der Waals surface area contributed by atoms with Crippen LogP contribution in [0.2, 0.25) is 0 Å². The number of sulfonamides is 1. The molecule has 0 radical (unpaired) electrons. The summed E-state index contributed by atoms with van der Waals surface area (Å²) in [5.41, 5.74) is 1.18. The Balaban J connectivity index is 1.57. The molecule has 1 aliphatic heterocycles. The SMILES string of the molecule is Cn1nnc2c(N3CCN(S(=O)(=O)c4ccccc4F)CC3)ncnc21. The third kappa shape index (κ3) is 2.69. The Labute approximate surface area is 149 Å². The van der Waals surface area contributed by atoms with Gasteiger partial charge in [-0.25, -0.2) is 27.5 Å². The van der Waals surface area contributed by atoms with E-state index in [4.69, 9.17) is 0 Å². The molecule has 0 aliphatic carbocycles. The summed E-state index contributed by atoms with van der Waals surface area (Å²) in [7, 11) is -2.13. The van der Waals surface area contributed by atoms with Crippen molar-refractivity contribution in [2.24, 2.45) is 7.05 Å². The molecule has 0 N–H and O–H groups in total. The number of piperazine rings is 1. The van der Waals surface area contributed by atoms with Crippen LogP contribution in [-0.4, -0.2) is 63.9 Å². The van der Waals surface area contributed by atoms with Crippen LogP contribution in [-0.2, 0) is 17.1 Å². The molecule has 0 atom stereocenters. The zero-order valence-corrected chi connectivity index (χ0v) is 14.8. The molecule has 0 amide bonds. The maximum Gasteiger partial charge on any atom is 0.246 e. The largest absolute Gasteiger partial charge is 0.352 e. The molecular weight excluding hydrogens is 361 g/mol. The van der Waals surface area contributed by atoms with E-state index in [1.54, 1.807) is 11.7 Å². The molecule has 1 saturated heterocycles. The summed E-state index contributed by atoms with van der Waals surface area (Å²) in [6, 6.07) is 5.41. The first-order valence-electron chi connectivity index (χ1n) is 7.98. The number of aromatic nitrogens is 5. The van der Waals surface area contributed by atoms with Gasteiger partial charge in [-0.05, 0) is 12.1 Å². The fraction of sp³-hybridized carbons (Fsp3) is 0.333. The summed E-state index contributed by atoms with van der Waals surface area (Å²) in [6.45, 7) is 1.28. The third-order valence-corrected chi connectivity index (χ3v) is 6.29. The Hall–Kier alpha value is -2.66. The van der Waals surface area contributed by atoms with E-state index in [-0.39, 0.29) is 18.0 Å².